The lowest BCUT2D eigenvalue weighted by Crippen LogP contribution is -2.39. The average molecular weight is 292 g/mol. The molecule has 0 spiro atoms. The van der Waals surface area contributed by atoms with E-state index in [-0.39, 0.29) is 71.7 Å². The van der Waals surface area contributed by atoms with E-state index in [9.17, 15) is 19.5 Å². The molecule has 0 unspecified atom stereocenters. The third kappa shape index (κ3) is 3.20. The van der Waals surface area contributed by atoms with E-state index in [2.05, 4.69) is 5.32 Å². The van der Waals surface area contributed by atoms with E-state index < -0.39 is 0 Å². The first-order valence-corrected chi connectivity index (χ1v) is 7.17. The highest BCUT2D eigenvalue weighted by Crippen LogP contribution is 2.32. The van der Waals surface area contributed by atoms with Crippen LogP contribution in [-0.2, 0) is 14.4 Å². The average Bonchev–Trinajstić information content (AvgIpc) is 2.35. The number of carbonyl (C=O) groups is 3. The maximum absolute atomic E-state index is 12.2. The molecule has 114 valence electrons. The summed E-state index contributed by atoms with van der Waals surface area (Å²) >= 11 is 0. The van der Waals surface area contributed by atoms with Crippen LogP contribution in [0, 0.1) is 23.2 Å². The Kier molecular flexibility index (Phi) is 4.25. The van der Waals surface area contributed by atoms with E-state index in [1.165, 1.54) is 0 Å². The molecule has 2 atom stereocenters. The van der Waals surface area contributed by atoms with Crippen molar-refractivity contribution in [3.63, 3.8) is 0 Å². The first-order valence-electron chi connectivity index (χ1n) is 7.17. The van der Waals surface area contributed by atoms with Crippen molar-refractivity contribution in [1.29, 1.82) is 5.41 Å². The van der Waals surface area contributed by atoms with Crippen LogP contribution in [0.4, 0.5) is 0 Å². The van der Waals surface area contributed by atoms with Crippen LogP contribution < -0.4 is 5.32 Å². The quantitative estimate of drug-likeness (QED) is 0.541. The summed E-state index contributed by atoms with van der Waals surface area (Å²) in [4.78, 5) is 34.9. The summed E-state index contributed by atoms with van der Waals surface area (Å²) in [6.07, 6.45) is 1.07. The van der Waals surface area contributed by atoms with Crippen molar-refractivity contribution in [1.82, 2.24) is 5.32 Å². The van der Waals surface area contributed by atoms with Gasteiger partial charge in [-0.25, -0.2) is 0 Å². The van der Waals surface area contributed by atoms with Crippen LogP contribution in [0.3, 0.4) is 0 Å². The molecular weight excluding hydrogens is 272 g/mol. The number of aliphatic hydroxyl groups is 1. The summed E-state index contributed by atoms with van der Waals surface area (Å²) in [5.74, 6) is -1.60. The molecule has 21 heavy (non-hydrogen) atoms. The normalized spacial score (nSPS) is 27.8. The molecule has 6 nitrogen and oxygen atoms in total. The van der Waals surface area contributed by atoms with Gasteiger partial charge < -0.3 is 10.5 Å². The molecule has 0 saturated carbocycles. The second kappa shape index (κ2) is 5.79. The van der Waals surface area contributed by atoms with Crippen molar-refractivity contribution >= 4 is 23.3 Å². The highest BCUT2D eigenvalue weighted by molar-refractivity contribution is 6.22. The molecule has 6 heteroatoms. The molecule has 2 amide bonds. The Morgan fingerprint density at radius 3 is 2.33 bits per heavy atom. The van der Waals surface area contributed by atoms with E-state index in [1.54, 1.807) is 6.92 Å². The minimum absolute atomic E-state index is 0.0309. The van der Waals surface area contributed by atoms with Gasteiger partial charge in [0.2, 0.25) is 11.8 Å². The smallest absolute Gasteiger partial charge is 0.226 e. The van der Waals surface area contributed by atoms with Gasteiger partial charge >= 0.3 is 0 Å². The monoisotopic (exact) mass is 292 g/mol. The van der Waals surface area contributed by atoms with E-state index >= 15 is 0 Å². The minimum Gasteiger partial charge on any atom is -0.511 e. The van der Waals surface area contributed by atoms with Crippen LogP contribution in [0.2, 0.25) is 0 Å². The maximum atomic E-state index is 12.2. The van der Waals surface area contributed by atoms with Gasteiger partial charge in [0.05, 0.1) is 5.57 Å². The van der Waals surface area contributed by atoms with Crippen molar-refractivity contribution in [3.8, 4) is 0 Å². The molecule has 0 radical (unpaired) electrons. The lowest BCUT2D eigenvalue weighted by atomic mass is 9.78. The number of amides is 2. The fourth-order valence-corrected chi connectivity index (χ4v) is 3.06. The molecule has 1 fully saturated rings. The molecule has 0 bridgehead atoms. The van der Waals surface area contributed by atoms with Crippen LogP contribution in [0.15, 0.2) is 11.3 Å². The lowest BCUT2D eigenvalue weighted by molar-refractivity contribution is -0.134. The number of carbonyl (C=O) groups excluding carboxylic acids is 3. The summed E-state index contributed by atoms with van der Waals surface area (Å²) in [6, 6.07) is 0. The second-order valence-electron chi connectivity index (χ2n) is 6.09. The number of hydrogen-bond acceptors (Lipinski definition) is 5. The van der Waals surface area contributed by atoms with Gasteiger partial charge in [-0.15, -0.1) is 0 Å². The summed E-state index contributed by atoms with van der Waals surface area (Å²) in [7, 11) is 0. The van der Waals surface area contributed by atoms with Crippen LogP contribution in [0.5, 0.6) is 0 Å². The molecule has 1 heterocycles. The molecular formula is C15H20N2O4. The first-order chi connectivity index (χ1) is 9.79. The zero-order chi connectivity index (χ0) is 15.7. The number of allylic oxidation sites excluding steroid dienone is 2. The Balaban J connectivity index is 2.15. The Morgan fingerprint density at radius 2 is 1.76 bits per heavy atom. The Morgan fingerprint density at radius 1 is 1.19 bits per heavy atom. The van der Waals surface area contributed by atoms with Gasteiger partial charge in [0.1, 0.15) is 5.76 Å². The summed E-state index contributed by atoms with van der Waals surface area (Å²) in [6.45, 7) is 3.61. The topological polar surface area (TPSA) is 107 Å². The molecule has 1 aliphatic heterocycles. The molecule has 2 rings (SSSR count). The molecule has 2 aliphatic rings. The van der Waals surface area contributed by atoms with Gasteiger partial charge in [-0.1, -0.05) is 13.8 Å². The molecule has 1 saturated heterocycles. The summed E-state index contributed by atoms with van der Waals surface area (Å²) in [5.41, 5.74) is 0.114. The van der Waals surface area contributed by atoms with Gasteiger partial charge in [-0.3, -0.25) is 19.7 Å². The number of aliphatic hydroxyl groups excluding tert-OH is 1. The zero-order valence-electron chi connectivity index (χ0n) is 12.2. The minimum atomic E-state index is -0.348. The number of nitrogens with one attached hydrogen (secondary N) is 2. The molecule has 3 N–H and O–H groups in total. The predicted octanol–water partition coefficient (Wildman–Crippen LogP) is 1.51. The number of Topliss-reactive ketones (excluding diaryl/α,β-unsaturated/α-hetero) is 1. The fourth-order valence-electron chi connectivity index (χ4n) is 3.06. The fraction of sp³-hybridized carbons (Fsp3) is 0.600. The van der Waals surface area contributed by atoms with E-state index in [0.717, 1.165) is 0 Å². The number of imide groups is 1. The highest BCUT2D eigenvalue weighted by Gasteiger charge is 2.35. The number of piperidine rings is 1. The summed E-state index contributed by atoms with van der Waals surface area (Å²) in [5, 5.41) is 20.4. The molecule has 0 aromatic rings. The van der Waals surface area contributed by atoms with Gasteiger partial charge in [0, 0.05) is 30.4 Å². The van der Waals surface area contributed by atoms with Crippen LogP contribution in [0.1, 0.15) is 39.5 Å². The van der Waals surface area contributed by atoms with Crippen molar-refractivity contribution in [2.24, 2.45) is 17.8 Å². The van der Waals surface area contributed by atoms with Crippen LogP contribution in [-0.4, -0.2) is 28.4 Å². The Bertz CT molecular complexity index is 534. The highest BCUT2D eigenvalue weighted by atomic mass is 16.3. The van der Waals surface area contributed by atoms with Crippen molar-refractivity contribution in [2.45, 2.75) is 39.5 Å². The first kappa shape index (κ1) is 15.4. The maximum Gasteiger partial charge on any atom is 0.226 e. The molecule has 0 aromatic carbocycles. The third-order valence-corrected chi connectivity index (χ3v) is 4.15. The molecule has 0 aromatic heterocycles. The zero-order valence-corrected chi connectivity index (χ0v) is 12.2. The summed E-state index contributed by atoms with van der Waals surface area (Å²) < 4.78 is 0. The van der Waals surface area contributed by atoms with E-state index in [0.29, 0.717) is 6.42 Å². The van der Waals surface area contributed by atoms with Crippen molar-refractivity contribution < 1.29 is 19.5 Å². The van der Waals surface area contributed by atoms with Gasteiger partial charge in [0.15, 0.2) is 5.78 Å². The second-order valence-corrected chi connectivity index (χ2v) is 6.09. The lowest BCUT2D eigenvalue weighted by Gasteiger charge is -2.27. The predicted molar refractivity (Wildman–Crippen MR) is 75.8 cm³/mol. The number of ketones is 1. The van der Waals surface area contributed by atoms with E-state index in [4.69, 9.17) is 5.41 Å². The van der Waals surface area contributed by atoms with Crippen LogP contribution >= 0.6 is 0 Å². The largest absolute Gasteiger partial charge is 0.511 e. The standard InChI is InChI=1S/C15H20N2O4/c1-7-3-8(2)15(21)13(14(7)20)10(16)4-9-5-11(18)17-12(19)6-9/h7-9,16,20H,3-6H2,1-2H3,(H,17,18,19)/t7-,8-/m0/s1. The van der Waals surface area contributed by atoms with Gasteiger partial charge in [-0.05, 0) is 18.8 Å². The van der Waals surface area contributed by atoms with Gasteiger partial charge in [-0.2, -0.15) is 0 Å². The molecule has 1 aliphatic carbocycles. The van der Waals surface area contributed by atoms with E-state index in [1.807, 2.05) is 6.92 Å². The Hall–Kier alpha value is -1.98. The number of rotatable bonds is 3. The van der Waals surface area contributed by atoms with Crippen molar-refractivity contribution in [3.05, 3.63) is 11.3 Å². The van der Waals surface area contributed by atoms with Crippen molar-refractivity contribution in [2.75, 3.05) is 0 Å². The SMILES string of the molecule is C[C@H]1C[C@H](C)C(O)=C(C(=N)CC2CC(=O)NC(=O)C2)C1=O. The Labute approximate surface area is 123 Å². The van der Waals surface area contributed by atoms with Gasteiger partial charge in [0.25, 0.3) is 0 Å². The number of hydrogen-bond donors (Lipinski definition) is 3. The van der Waals surface area contributed by atoms with Crippen LogP contribution in [0.25, 0.3) is 0 Å². The third-order valence-electron chi connectivity index (χ3n) is 4.15.